The van der Waals surface area contributed by atoms with Crippen molar-refractivity contribution in [2.45, 2.75) is 0 Å². The third kappa shape index (κ3) is 1.12. The lowest BCUT2D eigenvalue weighted by Crippen LogP contribution is -1.94. The summed E-state index contributed by atoms with van der Waals surface area (Å²) in [5.41, 5.74) is 1.31. The largest absolute Gasteiger partial charge is 0.326 e. The summed E-state index contributed by atoms with van der Waals surface area (Å²) in [4.78, 5) is 14.7. The Kier molecular flexibility index (Phi) is 1.81. The lowest BCUT2D eigenvalue weighted by Gasteiger charge is -1.96. The highest BCUT2D eigenvalue weighted by Crippen LogP contribution is 2.23. The maximum Gasteiger partial charge on any atom is 0.166 e. The van der Waals surface area contributed by atoms with E-state index in [1.807, 2.05) is 0 Å². The van der Waals surface area contributed by atoms with Crippen LogP contribution in [0.3, 0.4) is 0 Å². The molecule has 0 atom stereocenters. The standard InChI is InChI=1S/C9H7ClN2O/c1-12-6(5-13)4-7-8(10)2-3-11-9(7)12/h2-5H,1H3. The molecule has 4 heteroatoms. The molecule has 0 saturated carbocycles. The fraction of sp³-hybridized carbons (Fsp3) is 0.111. The van der Waals surface area contributed by atoms with Gasteiger partial charge >= 0.3 is 0 Å². The van der Waals surface area contributed by atoms with E-state index in [-0.39, 0.29) is 0 Å². The molecule has 0 aromatic carbocycles. The number of hydrogen-bond acceptors (Lipinski definition) is 2. The van der Waals surface area contributed by atoms with Gasteiger partial charge in [0, 0.05) is 18.6 Å². The molecule has 0 aliphatic carbocycles. The SMILES string of the molecule is Cn1c(C=O)cc2c(Cl)ccnc21. The summed E-state index contributed by atoms with van der Waals surface area (Å²) in [6.45, 7) is 0. The first-order valence-electron chi connectivity index (χ1n) is 3.79. The molecule has 0 saturated heterocycles. The number of carbonyl (C=O) groups excluding carboxylic acids is 1. The number of aryl methyl sites for hydroxylation is 1. The Hall–Kier alpha value is -1.35. The quantitative estimate of drug-likeness (QED) is 0.652. The minimum Gasteiger partial charge on any atom is -0.326 e. The highest BCUT2D eigenvalue weighted by atomic mass is 35.5. The van der Waals surface area contributed by atoms with Crippen LogP contribution in [0.4, 0.5) is 0 Å². The van der Waals surface area contributed by atoms with Crippen LogP contribution in [0, 0.1) is 0 Å². The average molecular weight is 195 g/mol. The molecule has 13 heavy (non-hydrogen) atoms. The van der Waals surface area contributed by atoms with Crippen molar-refractivity contribution >= 4 is 28.9 Å². The third-order valence-electron chi connectivity index (χ3n) is 2.03. The molecule has 0 aliphatic rings. The average Bonchev–Trinajstić information content (AvgIpc) is 2.45. The molecule has 0 fully saturated rings. The zero-order valence-electron chi connectivity index (χ0n) is 6.99. The van der Waals surface area contributed by atoms with Crippen molar-refractivity contribution in [2.24, 2.45) is 7.05 Å². The predicted octanol–water partition coefficient (Wildman–Crippen LogP) is 2.04. The van der Waals surface area contributed by atoms with Crippen LogP contribution in [-0.4, -0.2) is 15.8 Å². The molecule has 2 aromatic heterocycles. The number of rotatable bonds is 1. The van der Waals surface area contributed by atoms with Gasteiger partial charge in [-0.05, 0) is 12.1 Å². The smallest absolute Gasteiger partial charge is 0.166 e. The Morgan fingerprint density at radius 1 is 1.62 bits per heavy atom. The Morgan fingerprint density at radius 2 is 2.38 bits per heavy atom. The number of pyridine rings is 1. The second-order valence-electron chi connectivity index (χ2n) is 2.78. The molecule has 2 heterocycles. The summed E-state index contributed by atoms with van der Waals surface area (Å²) in [6, 6.07) is 3.44. The van der Waals surface area contributed by atoms with Crippen LogP contribution in [0.2, 0.25) is 5.02 Å². The predicted molar refractivity (Wildman–Crippen MR) is 51.1 cm³/mol. The van der Waals surface area contributed by atoms with Gasteiger partial charge in [-0.1, -0.05) is 11.6 Å². The van der Waals surface area contributed by atoms with Gasteiger partial charge in [0.1, 0.15) is 5.65 Å². The number of aldehydes is 1. The molecule has 66 valence electrons. The zero-order valence-corrected chi connectivity index (χ0v) is 7.75. The molecule has 0 radical (unpaired) electrons. The molecule has 0 spiro atoms. The van der Waals surface area contributed by atoms with Crippen molar-refractivity contribution in [1.82, 2.24) is 9.55 Å². The first-order valence-corrected chi connectivity index (χ1v) is 4.17. The molecular formula is C9H7ClN2O. The van der Waals surface area contributed by atoms with E-state index in [4.69, 9.17) is 11.6 Å². The molecular weight excluding hydrogens is 188 g/mol. The van der Waals surface area contributed by atoms with Gasteiger partial charge in [0.15, 0.2) is 6.29 Å². The fourth-order valence-corrected chi connectivity index (χ4v) is 1.52. The number of carbonyl (C=O) groups is 1. The first-order chi connectivity index (χ1) is 6.24. The topological polar surface area (TPSA) is 34.9 Å². The summed E-state index contributed by atoms with van der Waals surface area (Å²) in [7, 11) is 1.79. The maximum absolute atomic E-state index is 10.6. The van der Waals surface area contributed by atoms with Crippen molar-refractivity contribution in [3.63, 3.8) is 0 Å². The summed E-state index contributed by atoms with van der Waals surface area (Å²) >= 11 is 5.93. The molecule has 0 amide bonds. The van der Waals surface area contributed by atoms with E-state index in [9.17, 15) is 4.79 Å². The molecule has 0 N–H and O–H groups in total. The van der Waals surface area contributed by atoms with Crippen LogP contribution < -0.4 is 0 Å². The van der Waals surface area contributed by atoms with Gasteiger partial charge in [-0.15, -0.1) is 0 Å². The van der Waals surface area contributed by atoms with E-state index in [1.54, 1.807) is 29.9 Å². The van der Waals surface area contributed by atoms with Crippen molar-refractivity contribution < 1.29 is 4.79 Å². The van der Waals surface area contributed by atoms with Crippen molar-refractivity contribution in [3.8, 4) is 0 Å². The van der Waals surface area contributed by atoms with E-state index >= 15 is 0 Å². The van der Waals surface area contributed by atoms with Crippen LogP contribution in [0.1, 0.15) is 10.5 Å². The van der Waals surface area contributed by atoms with Gasteiger partial charge < -0.3 is 4.57 Å². The summed E-state index contributed by atoms with van der Waals surface area (Å²) in [6.07, 6.45) is 2.41. The molecule has 0 unspecified atom stereocenters. The van der Waals surface area contributed by atoms with Crippen LogP contribution in [0.25, 0.3) is 11.0 Å². The zero-order chi connectivity index (χ0) is 9.42. The van der Waals surface area contributed by atoms with Crippen LogP contribution in [-0.2, 0) is 7.05 Å². The van der Waals surface area contributed by atoms with E-state index < -0.39 is 0 Å². The molecule has 0 bridgehead atoms. The number of hydrogen-bond donors (Lipinski definition) is 0. The summed E-state index contributed by atoms with van der Waals surface area (Å²) in [5, 5.41) is 1.43. The van der Waals surface area contributed by atoms with E-state index in [0.717, 1.165) is 17.3 Å². The highest BCUT2D eigenvalue weighted by Gasteiger charge is 2.07. The Labute approximate surface area is 79.9 Å². The van der Waals surface area contributed by atoms with Gasteiger partial charge in [-0.2, -0.15) is 0 Å². The molecule has 2 rings (SSSR count). The molecule has 0 aliphatic heterocycles. The maximum atomic E-state index is 10.6. The lowest BCUT2D eigenvalue weighted by molar-refractivity contribution is 0.111. The lowest BCUT2D eigenvalue weighted by atomic mass is 10.3. The Balaban J connectivity index is 2.91. The van der Waals surface area contributed by atoms with Crippen molar-refractivity contribution in [1.29, 1.82) is 0 Å². The van der Waals surface area contributed by atoms with Crippen LogP contribution in [0.5, 0.6) is 0 Å². The number of halogens is 1. The van der Waals surface area contributed by atoms with Gasteiger partial charge in [-0.25, -0.2) is 4.98 Å². The number of aromatic nitrogens is 2. The second kappa shape index (κ2) is 2.85. The number of nitrogens with zero attached hydrogens (tertiary/aromatic N) is 2. The van der Waals surface area contributed by atoms with Gasteiger partial charge in [0.2, 0.25) is 0 Å². The molecule has 3 nitrogen and oxygen atoms in total. The van der Waals surface area contributed by atoms with Crippen LogP contribution in [0.15, 0.2) is 18.3 Å². The third-order valence-corrected chi connectivity index (χ3v) is 2.36. The summed E-state index contributed by atoms with van der Waals surface area (Å²) < 4.78 is 1.72. The van der Waals surface area contributed by atoms with E-state index in [0.29, 0.717) is 10.7 Å². The Bertz CT molecular complexity index is 476. The van der Waals surface area contributed by atoms with Crippen LogP contribution >= 0.6 is 11.6 Å². The first kappa shape index (κ1) is 8.26. The van der Waals surface area contributed by atoms with Crippen molar-refractivity contribution in [2.75, 3.05) is 0 Å². The monoisotopic (exact) mass is 194 g/mol. The molecule has 2 aromatic rings. The fourth-order valence-electron chi connectivity index (χ4n) is 1.32. The summed E-state index contributed by atoms with van der Waals surface area (Å²) in [5.74, 6) is 0. The normalized spacial score (nSPS) is 10.6. The Morgan fingerprint density at radius 3 is 3.00 bits per heavy atom. The second-order valence-corrected chi connectivity index (χ2v) is 3.18. The minimum absolute atomic E-state index is 0.579. The van der Waals surface area contributed by atoms with E-state index in [2.05, 4.69) is 4.98 Å². The highest BCUT2D eigenvalue weighted by molar-refractivity contribution is 6.35. The minimum atomic E-state index is 0.579. The van der Waals surface area contributed by atoms with Gasteiger partial charge in [0.05, 0.1) is 10.7 Å². The van der Waals surface area contributed by atoms with Gasteiger partial charge in [0.25, 0.3) is 0 Å². The van der Waals surface area contributed by atoms with E-state index in [1.165, 1.54) is 0 Å². The number of fused-ring (bicyclic) bond motifs is 1. The van der Waals surface area contributed by atoms with Crippen molar-refractivity contribution in [3.05, 3.63) is 29.0 Å². The van der Waals surface area contributed by atoms with Gasteiger partial charge in [-0.3, -0.25) is 4.79 Å².